The van der Waals surface area contributed by atoms with E-state index in [1.54, 1.807) is 17.1 Å². The van der Waals surface area contributed by atoms with Gasteiger partial charge in [-0.3, -0.25) is 4.68 Å². The van der Waals surface area contributed by atoms with Gasteiger partial charge in [-0.2, -0.15) is 18.3 Å². The summed E-state index contributed by atoms with van der Waals surface area (Å²) >= 11 is 0. The number of nitrogens with one attached hydrogen (secondary N) is 1. The maximum Gasteiger partial charge on any atom is 0.419 e. The van der Waals surface area contributed by atoms with Crippen molar-refractivity contribution in [3.05, 3.63) is 54.0 Å². The molecule has 1 aromatic carbocycles. The van der Waals surface area contributed by atoms with E-state index in [2.05, 4.69) is 20.4 Å². The van der Waals surface area contributed by atoms with Crippen molar-refractivity contribution >= 4 is 17.6 Å². The molecule has 0 aliphatic carbocycles. The molecule has 1 aliphatic rings. The second-order valence-electron chi connectivity index (χ2n) is 7.17. The summed E-state index contributed by atoms with van der Waals surface area (Å²) in [5, 5.41) is 7.22. The zero-order chi connectivity index (χ0) is 22.7. The van der Waals surface area contributed by atoms with Gasteiger partial charge in [0.2, 0.25) is 5.95 Å². The Balaban J connectivity index is 1.69. The van der Waals surface area contributed by atoms with Crippen LogP contribution in [0.15, 0.2) is 42.9 Å². The number of methoxy groups -OCH3 is 1. The van der Waals surface area contributed by atoms with Gasteiger partial charge in [-0.25, -0.2) is 14.8 Å². The highest BCUT2D eigenvalue weighted by Gasteiger charge is 2.36. The van der Waals surface area contributed by atoms with Crippen molar-refractivity contribution in [1.82, 2.24) is 19.7 Å². The predicted molar refractivity (Wildman–Crippen MR) is 108 cm³/mol. The largest absolute Gasteiger partial charge is 0.465 e. The van der Waals surface area contributed by atoms with Crippen LogP contribution >= 0.6 is 0 Å². The Morgan fingerprint density at radius 2 is 1.97 bits per heavy atom. The number of hydrogen-bond acceptors (Lipinski definition) is 7. The van der Waals surface area contributed by atoms with Crippen molar-refractivity contribution < 1.29 is 27.4 Å². The van der Waals surface area contributed by atoms with Gasteiger partial charge in [-0.15, -0.1) is 0 Å². The number of carbonyl (C=O) groups is 1. The van der Waals surface area contributed by atoms with Crippen LogP contribution in [0.25, 0.3) is 11.3 Å². The highest BCUT2D eigenvalue weighted by Crippen LogP contribution is 2.37. The van der Waals surface area contributed by atoms with Crippen molar-refractivity contribution in [2.75, 3.05) is 25.6 Å². The van der Waals surface area contributed by atoms with E-state index in [0.717, 1.165) is 20.0 Å². The molecule has 1 fully saturated rings. The molecule has 168 valence electrons. The molecule has 0 bridgehead atoms. The molecular formula is C21H20F3N5O3. The molecule has 2 aromatic heterocycles. The predicted octanol–water partition coefficient (Wildman–Crippen LogP) is 4.24. The molecule has 11 heteroatoms. The Labute approximate surface area is 181 Å². The third-order valence-corrected chi connectivity index (χ3v) is 5.10. The number of ether oxygens (including phenoxy) is 2. The quantitative estimate of drug-likeness (QED) is 0.585. The lowest BCUT2D eigenvalue weighted by atomic mass is 10.0. The van der Waals surface area contributed by atoms with Crippen molar-refractivity contribution in [3.8, 4) is 11.3 Å². The summed E-state index contributed by atoms with van der Waals surface area (Å²) in [7, 11) is 1.16. The van der Waals surface area contributed by atoms with Crippen LogP contribution in [0.1, 0.15) is 34.8 Å². The maximum absolute atomic E-state index is 13.7. The van der Waals surface area contributed by atoms with Gasteiger partial charge in [0.05, 0.1) is 36.3 Å². The highest BCUT2D eigenvalue weighted by molar-refractivity contribution is 5.97. The lowest BCUT2D eigenvalue weighted by Crippen LogP contribution is -2.19. The molecular weight excluding hydrogens is 427 g/mol. The molecule has 32 heavy (non-hydrogen) atoms. The molecule has 1 aliphatic heterocycles. The van der Waals surface area contributed by atoms with Gasteiger partial charge in [-0.05, 0) is 18.9 Å². The van der Waals surface area contributed by atoms with E-state index >= 15 is 0 Å². The molecule has 0 atom stereocenters. The topological polar surface area (TPSA) is 91.2 Å². The van der Waals surface area contributed by atoms with Crippen LogP contribution in [0.2, 0.25) is 0 Å². The second-order valence-corrected chi connectivity index (χ2v) is 7.17. The average Bonchev–Trinajstić information content (AvgIpc) is 3.27. The number of aromatic nitrogens is 4. The minimum atomic E-state index is -4.72. The Hall–Kier alpha value is -3.47. The fraction of sp³-hybridized carbons (Fsp3) is 0.333. The minimum absolute atomic E-state index is 0.00461. The second kappa shape index (κ2) is 8.95. The number of alkyl halides is 3. The number of rotatable bonds is 5. The first-order valence-corrected chi connectivity index (χ1v) is 9.87. The molecule has 8 nitrogen and oxygen atoms in total. The van der Waals surface area contributed by atoms with Gasteiger partial charge in [0, 0.05) is 31.2 Å². The van der Waals surface area contributed by atoms with E-state index in [-0.39, 0.29) is 23.1 Å². The summed E-state index contributed by atoms with van der Waals surface area (Å²) < 4.78 is 52.9. The Morgan fingerprint density at radius 3 is 2.69 bits per heavy atom. The van der Waals surface area contributed by atoms with Crippen LogP contribution in [0, 0.1) is 0 Å². The summed E-state index contributed by atoms with van der Waals surface area (Å²) in [5.41, 5.74) is -0.985. The number of anilines is 2. The van der Waals surface area contributed by atoms with E-state index in [1.807, 2.05) is 0 Å². The van der Waals surface area contributed by atoms with E-state index in [0.29, 0.717) is 25.1 Å². The zero-order valence-electron chi connectivity index (χ0n) is 17.1. The summed E-state index contributed by atoms with van der Waals surface area (Å²) in [6.07, 6.45) is 0.934. The minimum Gasteiger partial charge on any atom is -0.465 e. The van der Waals surface area contributed by atoms with Crippen molar-refractivity contribution in [3.63, 3.8) is 0 Å². The number of hydrogen-bond donors (Lipinski definition) is 1. The molecule has 0 saturated carbocycles. The number of halogens is 3. The fourth-order valence-electron chi connectivity index (χ4n) is 3.51. The standard InChI is InChI=1S/C21H20F3N5O3/c1-31-19(30)16-5-3-2-4-15(16)18-17(21(22,23)24)11-25-20(28-18)27-13-10-26-29(12-13)14-6-8-32-9-7-14/h2-5,10-12,14H,6-9H2,1H3,(H,25,27,28). The van der Waals surface area contributed by atoms with Crippen molar-refractivity contribution in [1.29, 1.82) is 0 Å². The van der Waals surface area contributed by atoms with E-state index in [4.69, 9.17) is 9.47 Å². The van der Waals surface area contributed by atoms with Crippen LogP contribution in [0.4, 0.5) is 24.8 Å². The number of carbonyl (C=O) groups excluding carboxylic acids is 1. The Bertz CT molecular complexity index is 1110. The van der Waals surface area contributed by atoms with Gasteiger partial charge in [-0.1, -0.05) is 18.2 Å². The number of benzene rings is 1. The van der Waals surface area contributed by atoms with Gasteiger partial charge >= 0.3 is 12.1 Å². The molecule has 4 rings (SSSR count). The zero-order valence-corrected chi connectivity index (χ0v) is 17.1. The van der Waals surface area contributed by atoms with Crippen LogP contribution in [0.5, 0.6) is 0 Å². The molecule has 0 amide bonds. The Kier molecular flexibility index (Phi) is 6.08. The first kappa shape index (κ1) is 21.8. The normalized spacial score (nSPS) is 14.9. The van der Waals surface area contributed by atoms with E-state index < -0.39 is 23.4 Å². The first-order valence-electron chi connectivity index (χ1n) is 9.87. The van der Waals surface area contributed by atoms with Crippen LogP contribution in [-0.2, 0) is 15.7 Å². The van der Waals surface area contributed by atoms with Gasteiger partial charge in [0.1, 0.15) is 5.56 Å². The average molecular weight is 447 g/mol. The smallest absolute Gasteiger partial charge is 0.419 e. The third-order valence-electron chi connectivity index (χ3n) is 5.10. The molecule has 1 N–H and O–H groups in total. The van der Waals surface area contributed by atoms with Crippen LogP contribution in [0.3, 0.4) is 0 Å². The van der Waals surface area contributed by atoms with Gasteiger partial charge < -0.3 is 14.8 Å². The summed E-state index contributed by atoms with van der Waals surface area (Å²) in [5.74, 6) is -0.821. The lowest BCUT2D eigenvalue weighted by Gasteiger charge is -2.22. The van der Waals surface area contributed by atoms with Crippen molar-refractivity contribution in [2.24, 2.45) is 0 Å². The van der Waals surface area contributed by atoms with Gasteiger partial charge in [0.15, 0.2) is 0 Å². The summed E-state index contributed by atoms with van der Waals surface area (Å²) in [6.45, 7) is 1.30. The number of nitrogens with zero attached hydrogens (tertiary/aromatic N) is 4. The highest BCUT2D eigenvalue weighted by atomic mass is 19.4. The molecule has 0 spiro atoms. The lowest BCUT2D eigenvalue weighted by molar-refractivity contribution is -0.137. The Morgan fingerprint density at radius 1 is 1.22 bits per heavy atom. The van der Waals surface area contributed by atoms with E-state index in [9.17, 15) is 18.0 Å². The molecule has 0 radical (unpaired) electrons. The maximum atomic E-state index is 13.7. The van der Waals surface area contributed by atoms with Crippen LogP contribution in [-0.4, -0.2) is 46.0 Å². The monoisotopic (exact) mass is 447 g/mol. The summed E-state index contributed by atoms with van der Waals surface area (Å²) in [6, 6.07) is 6.02. The molecule has 0 unspecified atom stereocenters. The van der Waals surface area contributed by atoms with Crippen molar-refractivity contribution in [2.45, 2.75) is 25.1 Å². The molecule has 3 aromatic rings. The number of esters is 1. The first-order chi connectivity index (χ1) is 15.4. The molecule has 1 saturated heterocycles. The third kappa shape index (κ3) is 4.57. The fourth-order valence-corrected chi connectivity index (χ4v) is 3.51. The van der Waals surface area contributed by atoms with Crippen LogP contribution < -0.4 is 5.32 Å². The SMILES string of the molecule is COC(=O)c1ccccc1-c1nc(Nc2cnn(C3CCOCC3)c2)ncc1C(F)(F)F. The summed E-state index contributed by atoms with van der Waals surface area (Å²) in [4.78, 5) is 20.0. The van der Waals surface area contributed by atoms with E-state index in [1.165, 1.54) is 24.3 Å². The van der Waals surface area contributed by atoms with Gasteiger partial charge in [0.25, 0.3) is 0 Å². The molecule has 3 heterocycles.